The molecule has 0 radical (unpaired) electrons. The van der Waals surface area contributed by atoms with E-state index in [9.17, 15) is 40.1 Å². The van der Waals surface area contributed by atoms with Crippen LogP contribution in [-0.2, 0) is 34.5 Å². The third-order valence-corrected chi connectivity index (χ3v) is 5.89. The van der Waals surface area contributed by atoms with Crippen LogP contribution in [0.25, 0.3) is 0 Å². The molecule has 174 valence electrons. The van der Waals surface area contributed by atoms with Crippen molar-refractivity contribution in [2.75, 3.05) is 16.2 Å². The zero-order valence-corrected chi connectivity index (χ0v) is 17.4. The van der Waals surface area contributed by atoms with E-state index in [2.05, 4.69) is 4.72 Å². The van der Waals surface area contributed by atoms with Crippen LogP contribution in [0, 0.1) is 23.3 Å². The Morgan fingerprint density at radius 3 is 2.25 bits per heavy atom. The first-order valence-electron chi connectivity index (χ1n) is 9.46. The minimum Gasteiger partial charge on any atom is -0.593 e. The average Bonchev–Trinajstić information content (AvgIpc) is 2.71. The number of fused-ring (bicyclic) bond motifs is 1. The fourth-order valence-electron chi connectivity index (χ4n) is 3.44. The number of hydrogen-bond donors (Lipinski definition) is 1. The Kier molecular flexibility index (Phi) is 6.94. The predicted octanol–water partition coefficient (Wildman–Crippen LogP) is 5.23. The quantitative estimate of drug-likeness (QED) is 0.349. The van der Waals surface area contributed by atoms with Crippen LogP contribution in [-0.4, -0.2) is 17.0 Å². The number of hydrogen-bond acceptors (Lipinski definition) is 3. The van der Waals surface area contributed by atoms with Crippen LogP contribution in [0.1, 0.15) is 36.5 Å². The summed E-state index contributed by atoms with van der Waals surface area (Å²) >= 11 is -2.33. The SMILES string of the molecule is CCCN1C(=O)CCc2cc(N[S+]([O-])Cc3c(F)c(F)c(C(F)(F)F)c(F)c3F)ccc21. The van der Waals surface area contributed by atoms with E-state index in [0.717, 1.165) is 12.0 Å². The molecule has 0 spiro atoms. The molecule has 12 heteroatoms. The summed E-state index contributed by atoms with van der Waals surface area (Å²) in [5.74, 6) is -10.9. The number of halogens is 7. The molecule has 1 amide bonds. The maximum atomic E-state index is 14.0. The minimum absolute atomic E-state index is 0.0408. The van der Waals surface area contributed by atoms with Crippen molar-refractivity contribution in [3.05, 3.63) is 58.2 Å². The van der Waals surface area contributed by atoms with Gasteiger partial charge in [0.15, 0.2) is 29.0 Å². The third-order valence-electron chi connectivity index (χ3n) is 4.87. The van der Waals surface area contributed by atoms with E-state index in [4.69, 9.17) is 0 Å². The second kappa shape index (κ2) is 9.18. The van der Waals surface area contributed by atoms with E-state index in [-0.39, 0.29) is 18.0 Å². The van der Waals surface area contributed by atoms with E-state index in [0.29, 0.717) is 18.7 Å². The lowest BCUT2D eigenvalue weighted by Gasteiger charge is -2.29. The van der Waals surface area contributed by atoms with Crippen LogP contribution >= 0.6 is 0 Å². The molecule has 0 aromatic heterocycles. The van der Waals surface area contributed by atoms with Gasteiger partial charge in [-0.05, 0) is 36.6 Å². The lowest BCUT2D eigenvalue weighted by Crippen LogP contribution is -2.35. The number of rotatable bonds is 6. The first-order chi connectivity index (χ1) is 15.0. The second-order valence-electron chi connectivity index (χ2n) is 7.09. The molecule has 0 saturated heterocycles. The average molecular weight is 482 g/mol. The molecule has 1 aliphatic heterocycles. The van der Waals surface area contributed by atoms with Gasteiger partial charge in [0.1, 0.15) is 5.56 Å². The molecule has 1 N–H and O–H groups in total. The van der Waals surface area contributed by atoms with Gasteiger partial charge in [0.25, 0.3) is 0 Å². The van der Waals surface area contributed by atoms with Gasteiger partial charge in [-0.3, -0.25) is 4.79 Å². The Labute approximate surface area is 181 Å². The lowest BCUT2D eigenvalue weighted by molar-refractivity contribution is -0.143. The Morgan fingerprint density at radius 2 is 1.69 bits per heavy atom. The molecule has 4 nitrogen and oxygen atoms in total. The summed E-state index contributed by atoms with van der Waals surface area (Å²) in [4.78, 5) is 13.7. The normalized spacial score (nSPS) is 15.0. The first-order valence-corrected chi connectivity index (χ1v) is 10.8. The summed E-state index contributed by atoms with van der Waals surface area (Å²) < 4.78 is 108. The molecule has 0 saturated carbocycles. The molecule has 32 heavy (non-hydrogen) atoms. The van der Waals surface area contributed by atoms with Crippen LogP contribution < -0.4 is 9.62 Å². The number of carbonyl (C=O) groups is 1. The molecule has 1 heterocycles. The van der Waals surface area contributed by atoms with E-state index >= 15 is 0 Å². The Bertz CT molecular complexity index is 1020. The molecule has 2 aromatic carbocycles. The standard InChI is InChI=1S/C20H17F7N2O2S/c1-2-7-29-13-5-4-11(8-10(13)3-6-14(29)30)28-32(31)9-12-16(21)18(23)15(20(25,26)27)19(24)17(12)22/h4-5,8,28H,2-3,6-7,9H2,1H3. The van der Waals surface area contributed by atoms with Crippen molar-refractivity contribution in [3.8, 4) is 0 Å². The van der Waals surface area contributed by atoms with Gasteiger partial charge < -0.3 is 9.45 Å². The van der Waals surface area contributed by atoms with Gasteiger partial charge in [-0.25, -0.2) is 22.3 Å². The number of anilines is 2. The number of amides is 1. The molecule has 1 aliphatic rings. The topological polar surface area (TPSA) is 55.4 Å². The maximum absolute atomic E-state index is 14.0. The van der Waals surface area contributed by atoms with Crippen LogP contribution in [0.5, 0.6) is 0 Å². The molecule has 0 aliphatic carbocycles. The molecule has 1 unspecified atom stereocenters. The Hall–Kier alpha value is -2.47. The van der Waals surface area contributed by atoms with Gasteiger partial charge in [0.05, 0.1) is 22.6 Å². The maximum Gasteiger partial charge on any atom is 0.422 e. The van der Waals surface area contributed by atoms with Gasteiger partial charge in [-0.2, -0.15) is 13.2 Å². The Morgan fingerprint density at radius 1 is 1.06 bits per heavy atom. The Balaban J connectivity index is 1.83. The molecular weight excluding hydrogens is 465 g/mol. The predicted molar refractivity (Wildman–Crippen MR) is 104 cm³/mol. The monoisotopic (exact) mass is 482 g/mol. The molecule has 1 atom stereocenters. The zero-order chi connectivity index (χ0) is 23.8. The number of nitrogens with zero attached hydrogens (tertiary/aromatic N) is 1. The molecular formula is C20H17F7N2O2S. The van der Waals surface area contributed by atoms with Crippen molar-refractivity contribution in [2.24, 2.45) is 0 Å². The highest BCUT2D eigenvalue weighted by Gasteiger charge is 2.42. The van der Waals surface area contributed by atoms with Gasteiger partial charge >= 0.3 is 6.18 Å². The van der Waals surface area contributed by atoms with Crippen LogP contribution in [0.15, 0.2) is 18.2 Å². The summed E-state index contributed by atoms with van der Waals surface area (Å²) in [6.45, 7) is 2.42. The van der Waals surface area contributed by atoms with E-state index in [1.54, 1.807) is 17.0 Å². The molecule has 0 bridgehead atoms. The molecule has 2 aromatic rings. The number of aryl methyl sites for hydroxylation is 1. The highest BCUT2D eigenvalue weighted by atomic mass is 32.2. The third kappa shape index (κ3) is 4.65. The van der Waals surface area contributed by atoms with E-state index in [1.165, 1.54) is 6.07 Å². The fraction of sp³-hybridized carbons (Fsp3) is 0.350. The highest BCUT2D eigenvalue weighted by molar-refractivity contribution is 7.91. The van der Waals surface area contributed by atoms with Crippen molar-refractivity contribution in [2.45, 2.75) is 38.1 Å². The minimum atomic E-state index is -5.65. The highest BCUT2D eigenvalue weighted by Crippen LogP contribution is 2.37. The molecule has 3 rings (SSSR count). The number of alkyl halides is 3. The summed E-state index contributed by atoms with van der Waals surface area (Å²) in [6.07, 6.45) is -4.25. The van der Waals surface area contributed by atoms with Crippen molar-refractivity contribution < 1.29 is 40.1 Å². The molecule has 0 fully saturated rings. The summed E-state index contributed by atoms with van der Waals surface area (Å²) in [6, 6.07) is 4.63. The van der Waals surface area contributed by atoms with Crippen molar-refractivity contribution in [1.82, 2.24) is 0 Å². The van der Waals surface area contributed by atoms with Gasteiger partial charge in [-0.1, -0.05) is 6.92 Å². The first kappa shape index (κ1) is 24.2. The van der Waals surface area contributed by atoms with E-state index < -0.39 is 57.7 Å². The number of benzene rings is 2. The van der Waals surface area contributed by atoms with E-state index in [1.807, 2.05) is 6.92 Å². The largest absolute Gasteiger partial charge is 0.593 e. The summed E-state index contributed by atoms with van der Waals surface area (Å²) in [5.41, 5.74) is -2.43. The van der Waals surface area contributed by atoms with Gasteiger partial charge in [0.2, 0.25) is 5.91 Å². The summed E-state index contributed by atoms with van der Waals surface area (Å²) in [5, 5.41) is 0. The van der Waals surface area contributed by atoms with Crippen molar-refractivity contribution in [1.29, 1.82) is 0 Å². The number of carbonyl (C=O) groups excluding carboxylic acids is 1. The second-order valence-corrected chi connectivity index (χ2v) is 8.27. The van der Waals surface area contributed by atoms with Crippen LogP contribution in [0.3, 0.4) is 0 Å². The smallest absolute Gasteiger partial charge is 0.422 e. The van der Waals surface area contributed by atoms with Crippen molar-refractivity contribution in [3.63, 3.8) is 0 Å². The lowest BCUT2D eigenvalue weighted by atomic mass is 10.0. The zero-order valence-electron chi connectivity index (χ0n) is 16.6. The van der Waals surface area contributed by atoms with Crippen LogP contribution in [0.4, 0.5) is 42.1 Å². The fourth-order valence-corrected chi connectivity index (χ4v) is 4.42. The summed E-state index contributed by atoms with van der Waals surface area (Å²) in [7, 11) is 0. The van der Waals surface area contributed by atoms with Gasteiger partial charge in [-0.15, -0.1) is 0 Å². The van der Waals surface area contributed by atoms with Crippen LogP contribution in [0.2, 0.25) is 0 Å². The number of nitrogens with one attached hydrogen (secondary N) is 1. The van der Waals surface area contributed by atoms with Crippen molar-refractivity contribution >= 4 is 28.6 Å². The van der Waals surface area contributed by atoms with Gasteiger partial charge in [0, 0.05) is 18.7 Å².